The van der Waals surface area contributed by atoms with Gasteiger partial charge in [0.25, 0.3) is 0 Å². The second-order valence-electron chi connectivity index (χ2n) is 3.78. The standard InChI is InChI=1S/C13H14F3NO2/c1-3-19-12(18)7-9(2)17-11-6-4-5-10(8-11)13(14,15)16/h4-8,17H,3H2,1-2H3/b9-7+. The number of esters is 1. The summed E-state index contributed by atoms with van der Waals surface area (Å²) in [4.78, 5) is 11.2. The van der Waals surface area contributed by atoms with Crippen molar-refractivity contribution in [1.29, 1.82) is 0 Å². The Hall–Kier alpha value is -1.98. The van der Waals surface area contributed by atoms with E-state index < -0.39 is 17.7 Å². The summed E-state index contributed by atoms with van der Waals surface area (Å²) in [7, 11) is 0. The number of carbonyl (C=O) groups is 1. The number of alkyl halides is 3. The molecule has 0 aliphatic rings. The van der Waals surface area contributed by atoms with Crippen LogP contribution in [0.15, 0.2) is 36.0 Å². The first-order chi connectivity index (χ1) is 8.82. The molecule has 0 aliphatic heterocycles. The van der Waals surface area contributed by atoms with Crippen molar-refractivity contribution in [3.8, 4) is 0 Å². The van der Waals surface area contributed by atoms with Crippen molar-refractivity contribution < 1.29 is 22.7 Å². The number of halogens is 3. The van der Waals surface area contributed by atoms with E-state index in [1.807, 2.05) is 0 Å². The van der Waals surface area contributed by atoms with Crippen LogP contribution in [0.3, 0.4) is 0 Å². The van der Waals surface area contributed by atoms with Gasteiger partial charge in [0, 0.05) is 17.5 Å². The number of allylic oxidation sites excluding steroid dienone is 1. The maximum atomic E-state index is 12.5. The first-order valence-corrected chi connectivity index (χ1v) is 5.62. The SMILES string of the molecule is CCOC(=O)/C=C(\C)Nc1cccc(C(F)(F)F)c1. The van der Waals surface area contributed by atoms with Gasteiger partial charge >= 0.3 is 12.1 Å². The van der Waals surface area contributed by atoms with Gasteiger partial charge in [0.2, 0.25) is 0 Å². The lowest BCUT2D eigenvalue weighted by Crippen LogP contribution is -2.07. The summed E-state index contributed by atoms with van der Waals surface area (Å²) in [5.74, 6) is -0.542. The number of hydrogen-bond acceptors (Lipinski definition) is 3. The molecule has 1 N–H and O–H groups in total. The van der Waals surface area contributed by atoms with E-state index in [9.17, 15) is 18.0 Å². The Balaban J connectivity index is 2.80. The van der Waals surface area contributed by atoms with Crippen molar-refractivity contribution >= 4 is 11.7 Å². The van der Waals surface area contributed by atoms with Gasteiger partial charge in [-0.1, -0.05) is 6.07 Å². The third kappa shape index (κ3) is 5.03. The molecule has 0 bridgehead atoms. The largest absolute Gasteiger partial charge is 0.463 e. The van der Waals surface area contributed by atoms with Gasteiger partial charge in [0.1, 0.15) is 0 Å². The summed E-state index contributed by atoms with van der Waals surface area (Å²) < 4.78 is 42.2. The number of benzene rings is 1. The molecule has 0 unspecified atom stereocenters. The minimum absolute atomic E-state index is 0.242. The van der Waals surface area contributed by atoms with Crippen LogP contribution in [0.5, 0.6) is 0 Å². The van der Waals surface area contributed by atoms with Crippen LogP contribution in [0, 0.1) is 0 Å². The molecule has 0 aromatic heterocycles. The van der Waals surface area contributed by atoms with Crippen LogP contribution in [-0.2, 0) is 15.7 Å². The number of ether oxygens (including phenoxy) is 1. The Labute approximate surface area is 109 Å². The van der Waals surface area contributed by atoms with Crippen LogP contribution >= 0.6 is 0 Å². The molecule has 0 aliphatic carbocycles. The summed E-state index contributed by atoms with van der Waals surface area (Å²) in [6.45, 7) is 3.48. The predicted octanol–water partition coefficient (Wildman–Crippen LogP) is 3.58. The number of rotatable bonds is 4. The Kier molecular flexibility index (Phi) is 4.97. The van der Waals surface area contributed by atoms with E-state index in [1.165, 1.54) is 18.2 Å². The lowest BCUT2D eigenvalue weighted by molar-refractivity contribution is -0.138. The van der Waals surface area contributed by atoms with Crippen LogP contribution in [0.2, 0.25) is 0 Å². The molecule has 6 heteroatoms. The fourth-order valence-electron chi connectivity index (χ4n) is 1.40. The zero-order valence-corrected chi connectivity index (χ0v) is 10.5. The molecule has 3 nitrogen and oxygen atoms in total. The lowest BCUT2D eigenvalue weighted by Gasteiger charge is -2.10. The molecule has 1 aromatic carbocycles. The molecule has 0 spiro atoms. The molecular weight excluding hydrogens is 259 g/mol. The summed E-state index contributed by atoms with van der Waals surface area (Å²) in [6.07, 6.45) is -3.21. The first-order valence-electron chi connectivity index (χ1n) is 5.62. The molecule has 0 amide bonds. The lowest BCUT2D eigenvalue weighted by atomic mass is 10.2. The molecule has 0 saturated heterocycles. The smallest absolute Gasteiger partial charge is 0.416 e. The van der Waals surface area contributed by atoms with Crippen molar-refractivity contribution in [2.24, 2.45) is 0 Å². The van der Waals surface area contributed by atoms with E-state index in [4.69, 9.17) is 4.74 Å². The van der Waals surface area contributed by atoms with E-state index in [-0.39, 0.29) is 12.3 Å². The molecule has 1 rings (SSSR count). The highest BCUT2D eigenvalue weighted by atomic mass is 19.4. The molecule has 104 valence electrons. The van der Waals surface area contributed by atoms with Gasteiger partial charge in [-0.2, -0.15) is 13.2 Å². The minimum atomic E-state index is -4.39. The first kappa shape index (κ1) is 15.1. The van der Waals surface area contributed by atoms with E-state index in [1.54, 1.807) is 13.8 Å². The summed E-state index contributed by atoms with van der Waals surface area (Å²) in [5, 5.41) is 2.70. The van der Waals surface area contributed by atoms with E-state index in [0.717, 1.165) is 12.1 Å². The average Bonchev–Trinajstić information content (AvgIpc) is 2.28. The van der Waals surface area contributed by atoms with Crippen LogP contribution in [-0.4, -0.2) is 12.6 Å². The van der Waals surface area contributed by atoms with E-state index in [0.29, 0.717) is 5.70 Å². The molecule has 0 fully saturated rings. The Morgan fingerprint density at radius 2 is 2.11 bits per heavy atom. The highest BCUT2D eigenvalue weighted by molar-refractivity contribution is 5.83. The average molecular weight is 273 g/mol. The second-order valence-corrected chi connectivity index (χ2v) is 3.78. The highest BCUT2D eigenvalue weighted by Crippen LogP contribution is 2.30. The normalized spacial score (nSPS) is 12.2. The fraction of sp³-hybridized carbons (Fsp3) is 0.308. The van der Waals surface area contributed by atoms with Gasteiger partial charge < -0.3 is 10.1 Å². The Bertz CT molecular complexity index is 481. The van der Waals surface area contributed by atoms with Crippen molar-refractivity contribution in [3.05, 3.63) is 41.6 Å². The van der Waals surface area contributed by atoms with Crippen molar-refractivity contribution in [2.75, 3.05) is 11.9 Å². The van der Waals surface area contributed by atoms with Crippen LogP contribution in [0.4, 0.5) is 18.9 Å². The Morgan fingerprint density at radius 1 is 1.42 bits per heavy atom. The van der Waals surface area contributed by atoms with E-state index in [2.05, 4.69) is 5.32 Å². The maximum absolute atomic E-state index is 12.5. The van der Waals surface area contributed by atoms with Gasteiger partial charge in [-0.25, -0.2) is 4.79 Å². The monoisotopic (exact) mass is 273 g/mol. The number of anilines is 1. The number of hydrogen-bond donors (Lipinski definition) is 1. The maximum Gasteiger partial charge on any atom is 0.416 e. The summed E-state index contributed by atoms with van der Waals surface area (Å²) in [5.41, 5.74) is -0.0907. The predicted molar refractivity (Wildman–Crippen MR) is 65.5 cm³/mol. The van der Waals surface area contributed by atoms with Gasteiger partial charge in [0.15, 0.2) is 0 Å². The van der Waals surface area contributed by atoms with Crippen molar-refractivity contribution in [3.63, 3.8) is 0 Å². The molecule has 0 heterocycles. The molecule has 1 aromatic rings. The van der Waals surface area contributed by atoms with Gasteiger partial charge in [-0.15, -0.1) is 0 Å². The van der Waals surface area contributed by atoms with Crippen LogP contribution in [0.1, 0.15) is 19.4 Å². The molecule has 19 heavy (non-hydrogen) atoms. The van der Waals surface area contributed by atoms with E-state index >= 15 is 0 Å². The summed E-state index contributed by atoms with van der Waals surface area (Å²) in [6, 6.07) is 4.73. The van der Waals surface area contributed by atoms with Crippen LogP contribution < -0.4 is 5.32 Å². The number of nitrogens with one attached hydrogen (secondary N) is 1. The van der Waals surface area contributed by atoms with Crippen LogP contribution in [0.25, 0.3) is 0 Å². The van der Waals surface area contributed by atoms with Crippen molar-refractivity contribution in [2.45, 2.75) is 20.0 Å². The highest BCUT2D eigenvalue weighted by Gasteiger charge is 2.30. The Morgan fingerprint density at radius 3 is 2.68 bits per heavy atom. The summed E-state index contributed by atoms with van der Waals surface area (Å²) >= 11 is 0. The quantitative estimate of drug-likeness (QED) is 0.673. The van der Waals surface area contributed by atoms with Gasteiger partial charge in [-0.3, -0.25) is 0 Å². The fourth-order valence-corrected chi connectivity index (χ4v) is 1.40. The molecule has 0 atom stereocenters. The second kappa shape index (κ2) is 6.26. The number of carbonyl (C=O) groups excluding carboxylic acids is 1. The zero-order chi connectivity index (χ0) is 14.5. The van der Waals surface area contributed by atoms with Gasteiger partial charge in [-0.05, 0) is 32.0 Å². The minimum Gasteiger partial charge on any atom is -0.463 e. The van der Waals surface area contributed by atoms with Gasteiger partial charge in [0.05, 0.1) is 12.2 Å². The van der Waals surface area contributed by atoms with Crippen molar-refractivity contribution in [1.82, 2.24) is 0 Å². The molecule has 0 saturated carbocycles. The molecule has 0 radical (unpaired) electrons. The molecular formula is C13H14F3NO2. The third-order valence-electron chi connectivity index (χ3n) is 2.15. The zero-order valence-electron chi connectivity index (χ0n) is 10.5. The topological polar surface area (TPSA) is 38.3 Å². The third-order valence-corrected chi connectivity index (χ3v) is 2.15.